The van der Waals surface area contributed by atoms with E-state index in [9.17, 15) is 0 Å². The van der Waals surface area contributed by atoms with Gasteiger partial charge in [0.1, 0.15) is 12.3 Å². The first kappa shape index (κ1) is 25.2. The van der Waals surface area contributed by atoms with Gasteiger partial charge in [-0.3, -0.25) is 0 Å². The Hall–Kier alpha value is -2.92. The van der Waals surface area contributed by atoms with Crippen molar-refractivity contribution in [3.05, 3.63) is 47.1 Å². The highest BCUT2D eigenvalue weighted by Crippen LogP contribution is 2.33. The summed E-state index contributed by atoms with van der Waals surface area (Å²) in [5, 5.41) is 1.76. The Balaban J connectivity index is 1.80. The van der Waals surface area contributed by atoms with E-state index in [4.69, 9.17) is 33.5 Å². The summed E-state index contributed by atoms with van der Waals surface area (Å²) in [5.74, 6) is 1.66. The summed E-state index contributed by atoms with van der Waals surface area (Å²) in [7, 11) is 3.22. The standard InChI is InChI=1S/C25H28BrN3O6/c1-5-32-25(33-6-2)35-29-20-8-7-18(26)11-16(20)12-21(29)24-27-15-17-13-22(31-4)23(14-19(17)28-24)34-10-9-30-3/h7-8,11-15,25H,5-6,9-10H2,1-4H3. The van der Waals surface area contributed by atoms with Crippen LogP contribution < -0.4 is 14.3 Å². The quantitative estimate of drug-likeness (QED) is 0.185. The smallest absolute Gasteiger partial charge is 0.337 e. The van der Waals surface area contributed by atoms with Gasteiger partial charge in [-0.15, -0.1) is 0 Å². The number of rotatable bonds is 12. The topological polar surface area (TPSA) is 86.1 Å². The molecule has 35 heavy (non-hydrogen) atoms. The number of benzene rings is 2. The molecule has 0 radical (unpaired) electrons. The lowest BCUT2D eigenvalue weighted by atomic mass is 10.2. The fraction of sp³-hybridized carbons (Fsp3) is 0.360. The number of halogens is 1. The molecule has 0 saturated heterocycles. The van der Waals surface area contributed by atoms with E-state index in [1.807, 2.05) is 50.2 Å². The van der Waals surface area contributed by atoms with E-state index >= 15 is 0 Å². The van der Waals surface area contributed by atoms with Crippen molar-refractivity contribution in [3.8, 4) is 23.0 Å². The largest absolute Gasteiger partial charge is 0.493 e. The zero-order valence-electron chi connectivity index (χ0n) is 20.1. The van der Waals surface area contributed by atoms with Gasteiger partial charge in [0.25, 0.3) is 0 Å². The van der Waals surface area contributed by atoms with Crippen molar-refractivity contribution in [1.82, 2.24) is 14.7 Å². The molecule has 0 atom stereocenters. The van der Waals surface area contributed by atoms with Gasteiger partial charge in [0.05, 0.1) is 38.0 Å². The van der Waals surface area contributed by atoms with Crippen molar-refractivity contribution in [2.24, 2.45) is 0 Å². The minimum Gasteiger partial charge on any atom is -0.493 e. The van der Waals surface area contributed by atoms with Crippen molar-refractivity contribution < 1.29 is 28.5 Å². The van der Waals surface area contributed by atoms with Crippen LogP contribution in [0.5, 0.6) is 11.5 Å². The summed E-state index contributed by atoms with van der Waals surface area (Å²) in [5.41, 5.74) is 2.18. The molecule has 10 heteroatoms. The number of ether oxygens (including phenoxy) is 5. The number of fused-ring (bicyclic) bond motifs is 2. The molecule has 0 aliphatic heterocycles. The SMILES string of the molecule is CCOC(OCC)On1c(-c2ncc3cc(OC)c(OCCOC)cc3n2)cc2cc(Br)ccc21. The van der Waals surface area contributed by atoms with E-state index < -0.39 is 6.48 Å². The van der Waals surface area contributed by atoms with Crippen LogP contribution in [0, 0.1) is 0 Å². The molecule has 0 bridgehead atoms. The molecule has 4 rings (SSSR count). The van der Waals surface area contributed by atoms with Crippen LogP contribution in [0.4, 0.5) is 0 Å². The molecular formula is C25H28BrN3O6. The Morgan fingerprint density at radius 3 is 2.46 bits per heavy atom. The molecule has 0 unspecified atom stereocenters. The molecule has 0 N–H and O–H groups in total. The Bertz CT molecular complexity index is 1290. The van der Waals surface area contributed by atoms with Crippen molar-refractivity contribution in [1.29, 1.82) is 0 Å². The third kappa shape index (κ3) is 5.67. The van der Waals surface area contributed by atoms with Crippen molar-refractivity contribution in [2.45, 2.75) is 20.3 Å². The van der Waals surface area contributed by atoms with Gasteiger partial charge >= 0.3 is 6.48 Å². The zero-order valence-corrected chi connectivity index (χ0v) is 21.7. The maximum atomic E-state index is 6.13. The molecule has 0 saturated carbocycles. The Morgan fingerprint density at radius 1 is 0.943 bits per heavy atom. The maximum absolute atomic E-state index is 6.13. The highest BCUT2D eigenvalue weighted by atomic mass is 79.9. The van der Waals surface area contributed by atoms with Gasteiger partial charge in [-0.2, -0.15) is 4.73 Å². The van der Waals surface area contributed by atoms with Gasteiger partial charge in [0.2, 0.25) is 0 Å². The number of hydrogen-bond donors (Lipinski definition) is 0. The average Bonchev–Trinajstić information content (AvgIpc) is 3.20. The molecular weight excluding hydrogens is 518 g/mol. The van der Waals surface area contributed by atoms with E-state index in [1.165, 1.54) is 0 Å². The Morgan fingerprint density at radius 2 is 1.74 bits per heavy atom. The number of nitrogens with zero attached hydrogens (tertiary/aromatic N) is 3. The fourth-order valence-electron chi connectivity index (χ4n) is 3.57. The first-order valence-corrected chi connectivity index (χ1v) is 12.1. The van der Waals surface area contributed by atoms with Gasteiger partial charge in [0.15, 0.2) is 17.3 Å². The van der Waals surface area contributed by atoms with E-state index in [0.717, 1.165) is 20.8 Å². The van der Waals surface area contributed by atoms with E-state index in [1.54, 1.807) is 25.1 Å². The second-order valence-electron chi connectivity index (χ2n) is 7.43. The lowest BCUT2D eigenvalue weighted by Gasteiger charge is -2.20. The van der Waals surface area contributed by atoms with Gasteiger partial charge in [-0.1, -0.05) is 15.9 Å². The van der Waals surface area contributed by atoms with Crippen molar-refractivity contribution in [2.75, 3.05) is 40.6 Å². The van der Waals surface area contributed by atoms with Crippen LogP contribution >= 0.6 is 15.9 Å². The van der Waals surface area contributed by atoms with Crippen LogP contribution in [0.25, 0.3) is 33.3 Å². The normalized spacial score (nSPS) is 11.5. The van der Waals surface area contributed by atoms with Gasteiger partial charge in [-0.25, -0.2) is 9.97 Å². The molecule has 2 heterocycles. The van der Waals surface area contributed by atoms with Crippen LogP contribution in [0.3, 0.4) is 0 Å². The molecule has 186 valence electrons. The molecule has 0 spiro atoms. The van der Waals surface area contributed by atoms with E-state index in [0.29, 0.717) is 55.0 Å². The predicted octanol–water partition coefficient (Wildman–Crippen LogP) is 4.83. The molecule has 0 amide bonds. The molecule has 0 aliphatic rings. The van der Waals surface area contributed by atoms with Gasteiger partial charge < -0.3 is 28.5 Å². The second kappa shape index (κ2) is 11.7. The van der Waals surface area contributed by atoms with Gasteiger partial charge in [-0.05, 0) is 44.2 Å². The lowest BCUT2D eigenvalue weighted by Crippen LogP contribution is -2.31. The van der Waals surface area contributed by atoms with Crippen LogP contribution in [0.15, 0.2) is 47.1 Å². The summed E-state index contributed by atoms with van der Waals surface area (Å²) in [4.78, 5) is 15.6. The molecule has 9 nitrogen and oxygen atoms in total. The third-order valence-corrected chi connectivity index (χ3v) is 5.65. The van der Waals surface area contributed by atoms with Crippen LogP contribution in [-0.2, 0) is 14.2 Å². The summed E-state index contributed by atoms with van der Waals surface area (Å²) in [6.45, 7) is 4.61. The van der Waals surface area contributed by atoms with Crippen LogP contribution in [-0.4, -0.2) is 61.8 Å². The maximum Gasteiger partial charge on any atom is 0.337 e. The minimum atomic E-state index is -0.881. The molecule has 0 fully saturated rings. The summed E-state index contributed by atoms with van der Waals surface area (Å²) >= 11 is 3.54. The van der Waals surface area contributed by atoms with Crippen molar-refractivity contribution in [3.63, 3.8) is 0 Å². The zero-order chi connectivity index (χ0) is 24.8. The highest BCUT2D eigenvalue weighted by Gasteiger charge is 2.20. The molecule has 0 aliphatic carbocycles. The summed E-state index contributed by atoms with van der Waals surface area (Å²) in [6, 6.07) is 11.6. The number of aromatic nitrogens is 3. The van der Waals surface area contributed by atoms with E-state index in [2.05, 4.69) is 20.9 Å². The summed E-state index contributed by atoms with van der Waals surface area (Å²) < 4.78 is 30.2. The van der Waals surface area contributed by atoms with Crippen molar-refractivity contribution >= 4 is 37.7 Å². The molecule has 2 aromatic carbocycles. The second-order valence-corrected chi connectivity index (χ2v) is 8.34. The Kier molecular flexibility index (Phi) is 8.40. The average molecular weight is 546 g/mol. The number of methoxy groups -OCH3 is 2. The Labute approximate surface area is 211 Å². The number of hydrogen-bond acceptors (Lipinski definition) is 8. The molecule has 4 aromatic rings. The van der Waals surface area contributed by atoms with Gasteiger partial charge in [0, 0.05) is 34.6 Å². The van der Waals surface area contributed by atoms with Crippen LogP contribution in [0.2, 0.25) is 0 Å². The van der Waals surface area contributed by atoms with E-state index in [-0.39, 0.29) is 0 Å². The first-order chi connectivity index (χ1) is 17.1. The fourth-order valence-corrected chi connectivity index (χ4v) is 3.95. The minimum absolute atomic E-state index is 0.392. The highest BCUT2D eigenvalue weighted by molar-refractivity contribution is 9.10. The predicted molar refractivity (Wildman–Crippen MR) is 136 cm³/mol. The summed E-state index contributed by atoms with van der Waals surface area (Å²) in [6.07, 6.45) is 1.75. The third-order valence-electron chi connectivity index (χ3n) is 5.16. The lowest BCUT2D eigenvalue weighted by molar-refractivity contribution is -0.281. The monoisotopic (exact) mass is 545 g/mol. The van der Waals surface area contributed by atoms with Crippen LogP contribution in [0.1, 0.15) is 13.8 Å². The molecule has 2 aromatic heterocycles. The first-order valence-electron chi connectivity index (χ1n) is 11.3.